The van der Waals surface area contributed by atoms with Crippen LogP contribution in [0.25, 0.3) is 0 Å². The number of rotatable bonds is 6. The number of hydrazone groups is 1. The smallest absolute Gasteiger partial charge is 0.203 e. The molecular weight excluding hydrogens is 294 g/mol. The Labute approximate surface area is 133 Å². The van der Waals surface area contributed by atoms with E-state index in [-0.39, 0.29) is 0 Å². The van der Waals surface area contributed by atoms with E-state index >= 15 is 0 Å². The van der Waals surface area contributed by atoms with Crippen LogP contribution < -0.4 is 10.2 Å². The van der Waals surface area contributed by atoms with Crippen molar-refractivity contribution in [2.45, 2.75) is 6.61 Å². The van der Waals surface area contributed by atoms with Crippen molar-refractivity contribution in [1.82, 2.24) is 4.98 Å². The number of thiazole rings is 1. The van der Waals surface area contributed by atoms with E-state index in [2.05, 4.69) is 15.5 Å². The summed E-state index contributed by atoms with van der Waals surface area (Å²) in [6.07, 6.45) is 3.49. The summed E-state index contributed by atoms with van der Waals surface area (Å²) >= 11 is 1.51. The molecular formula is C17H15N3OS. The van der Waals surface area contributed by atoms with Crippen molar-refractivity contribution in [3.05, 3.63) is 77.3 Å². The lowest BCUT2D eigenvalue weighted by molar-refractivity contribution is 0.306. The summed E-state index contributed by atoms with van der Waals surface area (Å²) in [5.74, 6) is 0.842. The minimum atomic E-state index is 0.569. The molecule has 0 aliphatic heterocycles. The Hall–Kier alpha value is -2.66. The molecule has 0 saturated carbocycles. The van der Waals surface area contributed by atoms with Gasteiger partial charge in [0.2, 0.25) is 5.13 Å². The first-order valence-corrected chi connectivity index (χ1v) is 7.73. The molecule has 0 aliphatic carbocycles. The Kier molecular flexibility index (Phi) is 4.79. The van der Waals surface area contributed by atoms with Gasteiger partial charge in [0.15, 0.2) is 0 Å². The molecule has 2 aromatic carbocycles. The second kappa shape index (κ2) is 7.38. The number of aromatic nitrogens is 1. The van der Waals surface area contributed by atoms with Gasteiger partial charge in [-0.2, -0.15) is 5.10 Å². The molecule has 110 valence electrons. The maximum Gasteiger partial charge on any atom is 0.203 e. The van der Waals surface area contributed by atoms with E-state index in [4.69, 9.17) is 4.74 Å². The Morgan fingerprint density at radius 2 is 1.91 bits per heavy atom. The van der Waals surface area contributed by atoms with E-state index in [1.807, 2.05) is 60.0 Å². The van der Waals surface area contributed by atoms with Crippen molar-refractivity contribution < 1.29 is 4.74 Å². The first-order chi connectivity index (χ1) is 10.9. The third kappa shape index (κ3) is 4.17. The first-order valence-electron chi connectivity index (χ1n) is 6.85. The van der Waals surface area contributed by atoms with Crippen LogP contribution >= 0.6 is 11.3 Å². The van der Waals surface area contributed by atoms with E-state index in [1.165, 1.54) is 11.3 Å². The third-order valence-corrected chi connectivity index (χ3v) is 3.61. The van der Waals surface area contributed by atoms with Gasteiger partial charge in [0.1, 0.15) is 12.4 Å². The molecule has 1 N–H and O–H groups in total. The molecule has 0 fully saturated rings. The summed E-state index contributed by atoms with van der Waals surface area (Å²) in [6, 6.07) is 17.9. The van der Waals surface area contributed by atoms with Gasteiger partial charge in [-0.05, 0) is 35.4 Å². The number of nitrogens with one attached hydrogen (secondary N) is 1. The zero-order chi connectivity index (χ0) is 15.0. The molecule has 0 aliphatic rings. The Bertz CT molecular complexity index is 709. The summed E-state index contributed by atoms with van der Waals surface area (Å²) in [5.41, 5.74) is 5.03. The Balaban J connectivity index is 1.52. The lowest BCUT2D eigenvalue weighted by atomic mass is 10.2. The molecule has 0 saturated heterocycles. The molecule has 0 bridgehead atoms. The SMILES string of the molecule is C(=NNc1nccs1)c1ccc(OCc2ccccc2)cc1. The predicted octanol–water partition coefficient (Wildman–Crippen LogP) is 4.17. The standard InChI is InChI=1S/C17H15N3OS/c1-2-4-15(5-3-1)13-21-16-8-6-14(7-9-16)12-19-20-17-18-10-11-22-17/h1-12H,13H2,(H,18,20). The second-order valence-electron chi connectivity index (χ2n) is 4.55. The second-order valence-corrected chi connectivity index (χ2v) is 5.45. The van der Waals surface area contributed by atoms with Gasteiger partial charge in [-0.15, -0.1) is 11.3 Å². The zero-order valence-corrected chi connectivity index (χ0v) is 12.7. The number of benzene rings is 2. The van der Waals surface area contributed by atoms with Crippen LogP contribution in [0.3, 0.4) is 0 Å². The lowest BCUT2D eigenvalue weighted by Crippen LogP contribution is -1.95. The largest absolute Gasteiger partial charge is 0.489 e. The molecule has 0 spiro atoms. The summed E-state index contributed by atoms with van der Waals surface area (Å²) in [5, 5.41) is 6.82. The van der Waals surface area contributed by atoms with Crippen molar-refractivity contribution in [3.8, 4) is 5.75 Å². The van der Waals surface area contributed by atoms with Crippen molar-refractivity contribution >= 4 is 22.7 Å². The maximum absolute atomic E-state index is 5.74. The van der Waals surface area contributed by atoms with Crippen LogP contribution in [0, 0.1) is 0 Å². The van der Waals surface area contributed by atoms with Crippen LogP contribution in [0.4, 0.5) is 5.13 Å². The van der Waals surface area contributed by atoms with Gasteiger partial charge in [0, 0.05) is 11.6 Å². The molecule has 1 heterocycles. The molecule has 0 radical (unpaired) electrons. The van der Waals surface area contributed by atoms with E-state index in [9.17, 15) is 0 Å². The van der Waals surface area contributed by atoms with Gasteiger partial charge >= 0.3 is 0 Å². The number of hydrogen-bond acceptors (Lipinski definition) is 5. The number of anilines is 1. The predicted molar refractivity (Wildman–Crippen MR) is 90.5 cm³/mol. The number of ether oxygens (including phenoxy) is 1. The van der Waals surface area contributed by atoms with Gasteiger partial charge in [-0.25, -0.2) is 4.98 Å². The molecule has 22 heavy (non-hydrogen) atoms. The van der Waals surface area contributed by atoms with Gasteiger partial charge in [0.25, 0.3) is 0 Å². The average Bonchev–Trinajstić information content (AvgIpc) is 3.08. The topological polar surface area (TPSA) is 46.5 Å². The fourth-order valence-corrected chi connectivity index (χ4v) is 2.31. The highest BCUT2D eigenvalue weighted by molar-refractivity contribution is 7.13. The fourth-order valence-electron chi connectivity index (χ4n) is 1.83. The zero-order valence-electron chi connectivity index (χ0n) is 11.8. The maximum atomic E-state index is 5.74. The highest BCUT2D eigenvalue weighted by Gasteiger charge is 1.96. The molecule has 4 nitrogen and oxygen atoms in total. The van der Waals surface area contributed by atoms with E-state index in [0.717, 1.165) is 22.0 Å². The number of hydrogen-bond donors (Lipinski definition) is 1. The lowest BCUT2D eigenvalue weighted by Gasteiger charge is -2.06. The van der Waals surface area contributed by atoms with Crippen molar-refractivity contribution in [2.24, 2.45) is 5.10 Å². The minimum Gasteiger partial charge on any atom is -0.489 e. The van der Waals surface area contributed by atoms with E-state index in [0.29, 0.717) is 6.61 Å². The Morgan fingerprint density at radius 1 is 1.09 bits per heavy atom. The summed E-state index contributed by atoms with van der Waals surface area (Å²) in [4.78, 5) is 4.09. The van der Waals surface area contributed by atoms with E-state index < -0.39 is 0 Å². The highest BCUT2D eigenvalue weighted by Crippen LogP contribution is 2.14. The Morgan fingerprint density at radius 3 is 2.64 bits per heavy atom. The number of nitrogens with zero attached hydrogens (tertiary/aromatic N) is 2. The van der Waals surface area contributed by atoms with Gasteiger partial charge < -0.3 is 4.74 Å². The van der Waals surface area contributed by atoms with Gasteiger partial charge in [-0.1, -0.05) is 30.3 Å². The van der Waals surface area contributed by atoms with Crippen molar-refractivity contribution in [3.63, 3.8) is 0 Å². The normalized spacial score (nSPS) is 10.7. The summed E-state index contributed by atoms with van der Waals surface area (Å²) in [7, 11) is 0. The highest BCUT2D eigenvalue weighted by atomic mass is 32.1. The molecule has 1 aromatic heterocycles. The average molecular weight is 309 g/mol. The minimum absolute atomic E-state index is 0.569. The van der Waals surface area contributed by atoms with Crippen LogP contribution in [0.5, 0.6) is 5.75 Å². The summed E-state index contributed by atoms with van der Waals surface area (Å²) in [6.45, 7) is 0.569. The van der Waals surface area contributed by atoms with Gasteiger partial charge in [-0.3, -0.25) is 5.43 Å². The monoisotopic (exact) mass is 309 g/mol. The van der Waals surface area contributed by atoms with Crippen molar-refractivity contribution in [1.29, 1.82) is 0 Å². The molecule has 0 unspecified atom stereocenters. The van der Waals surface area contributed by atoms with Crippen LogP contribution in [-0.2, 0) is 6.61 Å². The first kappa shape index (κ1) is 14.3. The fraction of sp³-hybridized carbons (Fsp3) is 0.0588. The molecule has 3 rings (SSSR count). The van der Waals surface area contributed by atoms with Crippen LogP contribution in [0.1, 0.15) is 11.1 Å². The molecule has 0 amide bonds. The van der Waals surface area contributed by atoms with Crippen LogP contribution in [-0.4, -0.2) is 11.2 Å². The quantitative estimate of drug-likeness (QED) is 0.549. The molecule has 3 aromatic rings. The molecule has 0 atom stereocenters. The van der Waals surface area contributed by atoms with Crippen LogP contribution in [0.2, 0.25) is 0 Å². The third-order valence-electron chi connectivity index (χ3n) is 2.93. The summed E-state index contributed by atoms with van der Waals surface area (Å²) < 4.78 is 5.74. The molecule has 5 heteroatoms. The van der Waals surface area contributed by atoms with E-state index in [1.54, 1.807) is 12.4 Å². The van der Waals surface area contributed by atoms with Crippen LogP contribution in [0.15, 0.2) is 71.3 Å². The van der Waals surface area contributed by atoms with Crippen molar-refractivity contribution in [2.75, 3.05) is 5.43 Å². The van der Waals surface area contributed by atoms with Gasteiger partial charge in [0.05, 0.1) is 6.21 Å².